The van der Waals surface area contributed by atoms with Crippen LogP contribution in [0.25, 0.3) is 11.0 Å². The quantitative estimate of drug-likeness (QED) is 0.571. The molecule has 2 heterocycles. The number of anilines is 1. The Labute approximate surface area is 169 Å². The van der Waals surface area contributed by atoms with E-state index in [2.05, 4.69) is 0 Å². The third kappa shape index (κ3) is 4.60. The standard InChI is InChI=1S/C23H25NO5/c1-17-21(28-14-13-27-16-18-5-3-2-4-6-18)8-7-19-20(25)15-22(29-23(17)19)24-9-11-26-12-10-24/h2-8,15H,9-14,16H2,1H3. The van der Waals surface area contributed by atoms with Crippen LogP contribution in [-0.2, 0) is 16.1 Å². The van der Waals surface area contributed by atoms with Gasteiger partial charge in [-0.15, -0.1) is 0 Å². The smallest absolute Gasteiger partial charge is 0.200 e. The Morgan fingerprint density at radius 1 is 1.03 bits per heavy atom. The zero-order chi connectivity index (χ0) is 20.1. The topological polar surface area (TPSA) is 61.1 Å². The van der Waals surface area contributed by atoms with E-state index in [1.165, 1.54) is 0 Å². The number of hydrogen-bond acceptors (Lipinski definition) is 6. The SMILES string of the molecule is Cc1c(OCCOCc2ccccc2)ccc2c(=O)cc(N3CCOCC3)oc12. The molecule has 6 heteroatoms. The second kappa shape index (κ2) is 9.11. The lowest BCUT2D eigenvalue weighted by Gasteiger charge is -2.27. The third-order valence-corrected chi connectivity index (χ3v) is 5.00. The van der Waals surface area contributed by atoms with Crippen LogP contribution in [0.2, 0.25) is 0 Å². The lowest BCUT2D eigenvalue weighted by atomic mass is 10.1. The zero-order valence-electron chi connectivity index (χ0n) is 16.6. The molecule has 0 spiro atoms. The fourth-order valence-electron chi connectivity index (χ4n) is 3.39. The summed E-state index contributed by atoms with van der Waals surface area (Å²) in [6.45, 7) is 6.05. The van der Waals surface area contributed by atoms with Gasteiger partial charge in [0, 0.05) is 24.7 Å². The third-order valence-electron chi connectivity index (χ3n) is 5.00. The van der Waals surface area contributed by atoms with E-state index >= 15 is 0 Å². The molecule has 0 saturated carbocycles. The molecule has 6 nitrogen and oxygen atoms in total. The van der Waals surface area contributed by atoms with E-state index < -0.39 is 0 Å². The largest absolute Gasteiger partial charge is 0.491 e. The van der Waals surface area contributed by atoms with Crippen LogP contribution in [0.15, 0.2) is 57.7 Å². The summed E-state index contributed by atoms with van der Waals surface area (Å²) < 4.78 is 23.0. The number of ether oxygens (including phenoxy) is 3. The summed E-state index contributed by atoms with van der Waals surface area (Å²) in [6, 6.07) is 15.2. The first-order valence-electron chi connectivity index (χ1n) is 9.87. The van der Waals surface area contributed by atoms with Crippen LogP contribution < -0.4 is 15.1 Å². The number of morpholine rings is 1. The van der Waals surface area contributed by atoms with Crippen molar-refractivity contribution in [2.24, 2.45) is 0 Å². The van der Waals surface area contributed by atoms with Crippen LogP contribution in [0.3, 0.4) is 0 Å². The van der Waals surface area contributed by atoms with Gasteiger partial charge in [0.25, 0.3) is 0 Å². The van der Waals surface area contributed by atoms with Gasteiger partial charge in [-0.25, -0.2) is 0 Å². The molecule has 152 valence electrons. The first-order chi connectivity index (χ1) is 14.2. The summed E-state index contributed by atoms with van der Waals surface area (Å²) in [5, 5.41) is 0.562. The number of fused-ring (bicyclic) bond motifs is 1. The predicted octanol–water partition coefficient (Wildman–Crippen LogP) is 3.53. The minimum Gasteiger partial charge on any atom is -0.491 e. The Balaban J connectivity index is 1.44. The Bertz CT molecular complexity index is 1010. The van der Waals surface area contributed by atoms with Gasteiger partial charge >= 0.3 is 0 Å². The molecular formula is C23H25NO5. The number of aryl methyl sites for hydroxylation is 1. The number of hydrogen-bond donors (Lipinski definition) is 0. The molecule has 4 rings (SSSR count). The molecule has 0 amide bonds. The van der Waals surface area contributed by atoms with Crippen molar-refractivity contribution >= 4 is 16.9 Å². The van der Waals surface area contributed by atoms with Gasteiger partial charge in [0.15, 0.2) is 11.3 Å². The maximum Gasteiger partial charge on any atom is 0.200 e. The van der Waals surface area contributed by atoms with Crippen LogP contribution in [-0.4, -0.2) is 39.5 Å². The summed E-state index contributed by atoms with van der Waals surface area (Å²) in [5.41, 5.74) is 2.47. The number of rotatable bonds is 7. The van der Waals surface area contributed by atoms with Crippen molar-refractivity contribution in [2.75, 3.05) is 44.4 Å². The molecule has 1 fully saturated rings. The monoisotopic (exact) mass is 395 g/mol. The van der Waals surface area contributed by atoms with Gasteiger partial charge in [-0.3, -0.25) is 4.79 Å². The molecule has 0 bridgehead atoms. The Morgan fingerprint density at radius 2 is 1.83 bits per heavy atom. The fourth-order valence-corrected chi connectivity index (χ4v) is 3.39. The summed E-state index contributed by atoms with van der Waals surface area (Å²) >= 11 is 0. The van der Waals surface area contributed by atoms with Crippen molar-refractivity contribution < 1.29 is 18.6 Å². The second-order valence-corrected chi connectivity index (χ2v) is 7.00. The van der Waals surface area contributed by atoms with Crippen LogP contribution >= 0.6 is 0 Å². The molecule has 1 saturated heterocycles. The minimum atomic E-state index is -0.0476. The molecule has 2 aromatic carbocycles. The molecule has 0 radical (unpaired) electrons. The molecule has 0 unspecified atom stereocenters. The Hall–Kier alpha value is -2.83. The highest BCUT2D eigenvalue weighted by Gasteiger charge is 2.17. The lowest BCUT2D eigenvalue weighted by molar-refractivity contribution is 0.0887. The van der Waals surface area contributed by atoms with E-state index in [4.69, 9.17) is 18.6 Å². The van der Waals surface area contributed by atoms with Gasteiger partial charge in [0.2, 0.25) is 0 Å². The molecule has 0 aliphatic carbocycles. The molecule has 0 atom stereocenters. The molecular weight excluding hydrogens is 370 g/mol. The normalized spacial score (nSPS) is 14.3. The highest BCUT2D eigenvalue weighted by molar-refractivity contribution is 5.82. The van der Waals surface area contributed by atoms with Crippen LogP contribution in [0.4, 0.5) is 5.88 Å². The van der Waals surface area contributed by atoms with Gasteiger partial charge in [0.05, 0.1) is 31.8 Å². The zero-order valence-corrected chi connectivity index (χ0v) is 16.6. The van der Waals surface area contributed by atoms with Crippen molar-refractivity contribution in [1.29, 1.82) is 0 Å². The molecule has 1 aromatic heterocycles. The average Bonchev–Trinajstić information content (AvgIpc) is 2.76. The summed E-state index contributed by atoms with van der Waals surface area (Å²) in [7, 11) is 0. The maximum absolute atomic E-state index is 12.6. The molecule has 1 aliphatic heterocycles. The number of nitrogens with zero attached hydrogens (tertiary/aromatic N) is 1. The van der Waals surface area contributed by atoms with E-state index in [9.17, 15) is 4.79 Å². The molecule has 3 aromatic rings. The van der Waals surface area contributed by atoms with Crippen molar-refractivity contribution in [3.05, 3.63) is 69.9 Å². The molecule has 0 N–H and O–H groups in total. The lowest BCUT2D eigenvalue weighted by Crippen LogP contribution is -2.36. The van der Waals surface area contributed by atoms with Crippen LogP contribution in [0.1, 0.15) is 11.1 Å². The van der Waals surface area contributed by atoms with E-state index in [1.54, 1.807) is 12.1 Å². The van der Waals surface area contributed by atoms with Crippen LogP contribution in [0, 0.1) is 6.92 Å². The van der Waals surface area contributed by atoms with Crippen molar-refractivity contribution in [3.8, 4) is 5.75 Å². The van der Waals surface area contributed by atoms with E-state index in [-0.39, 0.29) is 5.43 Å². The van der Waals surface area contributed by atoms with Crippen LogP contribution in [0.5, 0.6) is 5.75 Å². The highest BCUT2D eigenvalue weighted by Crippen LogP contribution is 2.29. The van der Waals surface area contributed by atoms with Gasteiger partial charge in [-0.1, -0.05) is 30.3 Å². The second-order valence-electron chi connectivity index (χ2n) is 7.00. The molecule has 29 heavy (non-hydrogen) atoms. The van der Waals surface area contributed by atoms with E-state index in [1.807, 2.05) is 48.2 Å². The highest BCUT2D eigenvalue weighted by atomic mass is 16.5. The van der Waals surface area contributed by atoms with Crippen molar-refractivity contribution in [3.63, 3.8) is 0 Å². The van der Waals surface area contributed by atoms with Gasteiger partial charge in [-0.2, -0.15) is 0 Å². The van der Waals surface area contributed by atoms with E-state index in [0.717, 1.165) is 11.1 Å². The van der Waals surface area contributed by atoms with Gasteiger partial charge < -0.3 is 23.5 Å². The fraction of sp³-hybridized carbons (Fsp3) is 0.348. The minimum absolute atomic E-state index is 0.0476. The average molecular weight is 395 g/mol. The maximum atomic E-state index is 12.6. The van der Waals surface area contributed by atoms with Gasteiger partial charge in [-0.05, 0) is 24.6 Å². The molecule has 1 aliphatic rings. The first kappa shape index (κ1) is 19.5. The summed E-state index contributed by atoms with van der Waals surface area (Å²) in [4.78, 5) is 14.6. The summed E-state index contributed by atoms with van der Waals surface area (Å²) in [5.74, 6) is 1.28. The van der Waals surface area contributed by atoms with E-state index in [0.29, 0.717) is 68.7 Å². The Kier molecular flexibility index (Phi) is 6.12. The van der Waals surface area contributed by atoms with Gasteiger partial charge in [0.1, 0.15) is 17.9 Å². The Morgan fingerprint density at radius 3 is 2.62 bits per heavy atom. The van der Waals surface area contributed by atoms with Crippen molar-refractivity contribution in [2.45, 2.75) is 13.5 Å². The predicted molar refractivity (Wildman–Crippen MR) is 112 cm³/mol. The number of benzene rings is 2. The summed E-state index contributed by atoms with van der Waals surface area (Å²) in [6.07, 6.45) is 0. The van der Waals surface area contributed by atoms with Crippen molar-refractivity contribution in [1.82, 2.24) is 0 Å². The first-order valence-corrected chi connectivity index (χ1v) is 9.87.